The monoisotopic (exact) mass is 305 g/mol. The van der Waals surface area contributed by atoms with Crippen molar-refractivity contribution in [3.05, 3.63) is 29.3 Å². The van der Waals surface area contributed by atoms with Crippen molar-refractivity contribution >= 4 is 33.4 Å². The summed E-state index contributed by atoms with van der Waals surface area (Å²) in [4.78, 5) is 12.8. The first-order chi connectivity index (χ1) is 7.65. The Balaban J connectivity index is 2.36. The lowest BCUT2D eigenvalue weighted by molar-refractivity contribution is -0.127. The third kappa shape index (κ3) is 4.02. The van der Waals surface area contributed by atoms with Crippen LogP contribution < -0.4 is 4.74 Å². The summed E-state index contributed by atoms with van der Waals surface area (Å²) >= 11 is 9.03. The Hall–Kier alpha value is -0.740. The van der Waals surface area contributed by atoms with E-state index in [0.717, 1.165) is 0 Å². The molecular weight excluding hydrogens is 293 g/mol. The first-order valence-corrected chi connectivity index (χ1v) is 6.32. The highest BCUT2D eigenvalue weighted by Gasteiger charge is 2.06. The molecule has 0 heterocycles. The molecule has 16 heavy (non-hydrogen) atoms. The van der Waals surface area contributed by atoms with Crippen LogP contribution in [-0.4, -0.2) is 36.3 Å². The zero-order valence-electron chi connectivity index (χ0n) is 8.95. The van der Waals surface area contributed by atoms with Gasteiger partial charge in [-0.15, -0.1) is 0 Å². The van der Waals surface area contributed by atoms with Gasteiger partial charge >= 0.3 is 0 Å². The van der Waals surface area contributed by atoms with Crippen molar-refractivity contribution in [3.63, 3.8) is 0 Å². The summed E-state index contributed by atoms with van der Waals surface area (Å²) in [7, 11) is 1.74. The van der Waals surface area contributed by atoms with Crippen LogP contribution in [0.15, 0.2) is 24.3 Å². The van der Waals surface area contributed by atoms with Crippen LogP contribution in [0.25, 0.3) is 0 Å². The third-order valence-electron chi connectivity index (χ3n) is 2.06. The Kier molecular flexibility index (Phi) is 5.63. The first-order valence-electron chi connectivity index (χ1n) is 4.82. The molecule has 0 N–H and O–H groups in total. The minimum atomic E-state index is 0.0303. The van der Waals surface area contributed by atoms with Crippen LogP contribution >= 0.6 is 27.5 Å². The average molecular weight is 307 g/mol. The highest BCUT2D eigenvalue weighted by molar-refractivity contribution is 9.09. The smallest absolute Gasteiger partial charge is 0.233 e. The van der Waals surface area contributed by atoms with Crippen molar-refractivity contribution in [2.45, 2.75) is 0 Å². The maximum absolute atomic E-state index is 11.2. The van der Waals surface area contributed by atoms with E-state index >= 15 is 0 Å². The number of likely N-dealkylation sites (N-methyl/N-ethyl adjacent to an activating group) is 1. The maximum Gasteiger partial charge on any atom is 0.233 e. The number of hydrogen-bond acceptors (Lipinski definition) is 2. The van der Waals surface area contributed by atoms with Gasteiger partial charge in [-0.25, -0.2) is 0 Å². The standard InChI is InChI=1S/C11H13BrClNO2/c1-14(11(15)8-12)6-7-16-10-5-3-2-4-9(10)13/h2-5H,6-8H2,1H3. The van der Waals surface area contributed by atoms with Gasteiger partial charge < -0.3 is 9.64 Å². The lowest BCUT2D eigenvalue weighted by atomic mass is 10.3. The van der Waals surface area contributed by atoms with Crippen LogP contribution in [0.2, 0.25) is 5.02 Å². The van der Waals surface area contributed by atoms with E-state index in [-0.39, 0.29) is 5.91 Å². The van der Waals surface area contributed by atoms with E-state index in [1.165, 1.54) is 0 Å². The van der Waals surface area contributed by atoms with Crippen molar-refractivity contribution < 1.29 is 9.53 Å². The fourth-order valence-electron chi connectivity index (χ4n) is 1.08. The normalized spacial score (nSPS) is 9.94. The number of nitrogens with zero attached hydrogens (tertiary/aromatic N) is 1. The molecule has 88 valence electrons. The first kappa shape index (κ1) is 13.3. The summed E-state index contributed by atoms with van der Waals surface area (Å²) in [5.41, 5.74) is 0. The van der Waals surface area contributed by atoms with Crippen LogP contribution in [0.3, 0.4) is 0 Å². The average Bonchev–Trinajstić information content (AvgIpc) is 2.30. The predicted octanol–water partition coefficient (Wildman–Crippen LogP) is 2.57. The third-order valence-corrected chi connectivity index (χ3v) is 2.85. The molecule has 5 heteroatoms. The molecule has 1 rings (SSSR count). The van der Waals surface area contributed by atoms with Gasteiger partial charge in [0, 0.05) is 7.05 Å². The number of rotatable bonds is 5. The van der Waals surface area contributed by atoms with Gasteiger partial charge in [0.15, 0.2) is 0 Å². The topological polar surface area (TPSA) is 29.5 Å². The predicted molar refractivity (Wildman–Crippen MR) is 68.4 cm³/mol. The van der Waals surface area contributed by atoms with Crippen LogP contribution in [0.1, 0.15) is 0 Å². The van der Waals surface area contributed by atoms with Gasteiger partial charge in [-0.3, -0.25) is 4.79 Å². The number of hydrogen-bond donors (Lipinski definition) is 0. The molecule has 0 saturated carbocycles. The molecule has 0 aliphatic heterocycles. The largest absolute Gasteiger partial charge is 0.490 e. The zero-order valence-corrected chi connectivity index (χ0v) is 11.3. The van der Waals surface area contributed by atoms with Gasteiger partial charge in [-0.2, -0.15) is 0 Å². The molecule has 0 saturated heterocycles. The Bertz CT molecular complexity index is 360. The number of alkyl halides is 1. The highest BCUT2D eigenvalue weighted by Crippen LogP contribution is 2.22. The molecule has 0 atom stereocenters. The number of amides is 1. The quantitative estimate of drug-likeness (QED) is 0.783. The van der Waals surface area contributed by atoms with Gasteiger partial charge in [-0.05, 0) is 12.1 Å². The summed E-state index contributed by atoms with van der Waals surface area (Å²) < 4.78 is 5.46. The van der Waals surface area contributed by atoms with Crippen LogP contribution in [-0.2, 0) is 4.79 Å². The molecule has 0 unspecified atom stereocenters. The Labute approximate surface area is 108 Å². The SMILES string of the molecule is CN(CCOc1ccccc1Cl)C(=O)CBr. The highest BCUT2D eigenvalue weighted by atomic mass is 79.9. The summed E-state index contributed by atoms with van der Waals surface area (Å²) in [6, 6.07) is 7.27. The number of para-hydroxylation sites is 1. The molecule has 0 aliphatic rings. The molecule has 0 spiro atoms. The van der Waals surface area contributed by atoms with E-state index < -0.39 is 0 Å². The maximum atomic E-state index is 11.2. The van der Waals surface area contributed by atoms with Gasteiger partial charge in [0.25, 0.3) is 0 Å². The molecule has 0 bridgehead atoms. The second-order valence-corrected chi connectivity index (χ2v) is 4.20. The van der Waals surface area contributed by atoms with Gasteiger partial charge in [-0.1, -0.05) is 39.7 Å². The molecular formula is C11H13BrClNO2. The summed E-state index contributed by atoms with van der Waals surface area (Å²) in [5.74, 6) is 0.673. The molecule has 3 nitrogen and oxygen atoms in total. The van der Waals surface area contributed by atoms with E-state index in [1.54, 1.807) is 24.1 Å². The molecule has 0 aromatic heterocycles. The lowest BCUT2D eigenvalue weighted by Gasteiger charge is -2.16. The summed E-state index contributed by atoms with van der Waals surface area (Å²) in [6.07, 6.45) is 0. The van der Waals surface area contributed by atoms with Crippen molar-refractivity contribution in [2.75, 3.05) is 25.5 Å². The van der Waals surface area contributed by atoms with Gasteiger partial charge in [0.05, 0.1) is 16.9 Å². The van der Waals surface area contributed by atoms with E-state index in [0.29, 0.717) is 29.3 Å². The van der Waals surface area contributed by atoms with Crippen LogP contribution in [0.5, 0.6) is 5.75 Å². The molecule has 1 aromatic rings. The number of benzene rings is 1. The Morgan fingerprint density at radius 3 is 2.81 bits per heavy atom. The molecule has 1 aromatic carbocycles. The van der Waals surface area contributed by atoms with E-state index in [1.807, 2.05) is 12.1 Å². The number of carbonyl (C=O) groups is 1. The number of ether oxygens (including phenoxy) is 1. The second-order valence-electron chi connectivity index (χ2n) is 3.23. The van der Waals surface area contributed by atoms with Crippen molar-refractivity contribution in [1.29, 1.82) is 0 Å². The summed E-state index contributed by atoms with van der Waals surface area (Å²) in [5, 5.41) is 0.909. The Morgan fingerprint density at radius 2 is 2.19 bits per heavy atom. The minimum absolute atomic E-state index is 0.0303. The van der Waals surface area contributed by atoms with Crippen molar-refractivity contribution in [3.8, 4) is 5.75 Å². The summed E-state index contributed by atoms with van der Waals surface area (Å²) in [6.45, 7) is 0.967. The van der Waals surface area contributed by atoms with Gasteiger partial charge in [0.1, 0.15) is 12.4 Å². The number of carbonyl (C=O) groups excluding carboxylic acids is 1. The van der Waals surface area contributed by atoms with E-state index in [2.05, 4.69) is 15.9 Å². The van der Waals surface area contributed by atoms with E-state index in [4.69, 9.17) is 16.3 Å². The molecule has 0 radical (unpaired) electrons. The number of halogens is 2. The molecule has 0 aliphatic carbocycles. The molecule has 1 amide bonds. The fraction of sp³-hybridized carbons (Fsp3) is 0.364. The zero-order chi connectivity index (χ0) is 12.0. The Morgan fingerprint density at radius 1 is 1.50 bits per heavy atom. The van der Waals surface area contributed by atoms with Crippen LogP contribution in [0, 0.1) is 0 Å². The molecule has 0 fully saturated rings. The fourth-order valence-corrected chi connectivity index (χ4v) is 1.70. The lowest BCUT2D eigenvalue weighted by Crippen LogP contribution is -2.31. The second kappa shape index (κ2) is 6.76. The van der Waals surface area contributed by atoms with Gasteiger partial charge in [0.2, 0.25) is 5.91 Å². The van der Waals surface area contributed by atoms with E-state index in [9.17, 15) is 4.79 Å². The minimum Gasteiger partial charge on any atom is -0.490 e. The van der Waals surface area contributed by atoms with Crippen molar-refractivity contribution in [1.82, 2.24) is 4.90 Å². The van der Waals surface area contributed by atoms with Crippen LogP contribution in [0.4, 0.5) is 0 Å². The van der Waals surface area contributed by atoms with Crippen molar-refractivity contribution in [2.24, 2.45) is 0 Å².